The zero-order chi connectivity index (χ0) is 12.3. The van der Waals surface area contributed by atoms with Gasteiger partial charge in [0.05, 0.1) is 23.7 Å². The molecule has 1 N–H and O–H groups in total. The summed E-state index contributed by atoms with van der Waals surface area (Å²) < 4.78 is 0. The number of pyridine rings is 1. The van der Waals surface area contributed by atoms with Gasteiger partial charge >= 0.3 is 0 Å². The third-order valence-corrected chi connectivity index (χ3v) is 3.14. The Morgan fingerprint density at radius 2 is 2.35 bits per heavy atom. The lowest BCUT2D eigenvalue weighted by Gasteiger charge is -2.23. The molecule has 92 valence electrons. The third kappa shape index (κ3) is 2.86. The van der Waals surface area contributed by atoms with E-state index < -0.39 is 6.10 Å². The maximum absolute atomic E-state index is 9.69. The van der Waals surface area contributed by atoms with E-state index in [1.54, 1.807) is 0 Å². The lowest BCUT2D eigenvalue weighted by atomic mass is 10.2. The number of hydrogen-bond donors (Lipinski definition) is 1. The van der Waals surface area contributed by atoms with Crippen LogP contribution in [0.3, 0.4) is 0 Å². The SMILES string of the molecule is C=CCN(c1ccc([C@@H](O)CC)nc1)C1CC1. The Labute approximate surface area is 103 Å². The van der Waals surface area contributed by atoms with E-state index >= 15 is 0 Å². The van der Waals surface area contributed by atoms with Crippen LogP contribution in [-0.4, -0.2) is 22.7 Å². The molecule has 1 aromatic heterocycles. The van der Waals surface area contributed by atoms with E-state index in [0.29, 0.717) is 12.5 Å². The quantitative estimate of drug-likeness (QED) is 0.766. The van der Waals surface area contributed by atoms with Crippen LogP contribution >= 0.6 is 0 Å². The number of rotatable bonds is 6. The summed E-state index contributed by atoms with van der Waals surface area (Å²) in [6, 6.07) is 4.61. The molecule has 3 heteroatoms. The van der Waals surface area contributed by atoms with Gasteiger partial charge in [-0.3, -0.25) is 4.98 Å². The van der Waals surface area contributed by atoms with Crippen molar-refractivity contribution in [2.45, 2.75) is 38.3 Å². The number of anilines is 1. The largest absolute Gasteiger partial charge is 0.387 e. The monoisotopic (exact) mass is 232 g/mol. The second-order valence-corrected chi connectivity index (χ2v) is 4.54. The van der Waals surface area contributed by atoms with Crippen LogP contribution in [0.2, 0.25) is 0 Å². The molecular weight excluding hydrogens is 212 g/mol. The molecule has 3 nitrogen and oxygen atoms in total. The number of aliphatic hydroxyl groups is 1. The lowest BCUT2D eigenvalue weighted by molar-refractivity contribution is 0.169. The summed E-state index contributed by atoms with van der Waals surface area (Å²) in [5, 5.41) is 9.69. The summed E-state index contributed by atoms with van der Waals surface area (Å²) in [5.41, 5.74) is 1.88. The fourth-order valence-electron chi connectivity index (χ4n) is 1.96. The average Bonchev–Trinajstić information content (AvgIpc) is 3.19. The maximum atomic E-state index is 9.69. The van der Waals surface area contributed by atoms with Gasteiger partial charge in [0.2, 0.25) is 0 Å². The van der Waals surface area contributed by atoms with Crippen molar-refractivity contribution in [2.24, 2.45) is 0 Å². The van der Waals surface area contributed by atoms with Crippen molar-refractivity contribution in [3.05, 3.63) is 36.7 Å². The summed E-state index contributed by atoms with van der Waals surface area (Å²) in [7, 11) is 0. The van der Waals surface area contributed by atoms with Crippen molar-refractivity contribution < 1.29 is 5.11 Å². The molecule has 0 aliphatic heterocycles. The van der Waals surface area contributed by atoms with Crippen molar-refractivity contribution in [1.29, 1.82) is 0 Å². The van der Waals surface area contributed by atoms with Crippen LogP contribution in [0.1, 0.15) is 38.0 Å². The fourth-order valence-corrected chi connectivity index (χ4v) is 1.96. The van der Waals surface area contributed by atoms with Crippen LogP contribution < -0.4 is 4.90 Å². The minimum Gasteiger partial charge on any atom is -0.387 e. The van der Waals surface area contributed by atoms with Gasteiger partial charge < -0.3 is 10.0 Å². The molecule has 0 radical (unpaired) electrons. The van der Waals surface area contributed by atoms with E-state index in [9.17, 15) is 5.11 Å². The van der Waals surface area contributed by atoms with Gasteiger partial charge in [-0.2, -0.15) is 0 Å². The van der Waals surface area contributed by atoms with Gasteiger partial charge in [-0.25, -0.2) is 0 Å². The smallest absolute Gasteiger partial charge is 0.0957 e. The number of hydrogen-bond acceptors (Lipinski definition) is 3. The van der Waals surface area contributed by atoms with Crippen LogP contribution in [0, 0.1) is 0 Å². The minimum atomic E-state index is -0.446. The molecule has 1 aromatic rings. The molecule has 1 atom stereocenters. The van der Waals surface area contributed by atoms with Gasteiger partial charge in [0, 0.05) is 12.6 Å². The van der Waals surface area contributed by atoms with Crippen LogP contribution in [0.25, 0.3) is 0 Å². The van der Waals surface area contributed by atoms with E-state index in [1.165, 1.54) is 12.8 Å². The highest BCUT2D eigenvalue weighted by molar-refractivity contribution is 5.47. The topological polar surface area (TPSA) is 36.4 Å². The van der Waals surface area contributed by atoms with E-state index in [2.05, 4.69) is 16.5 Å². The number of aliphatic hydroxyl groups excluding tert-OH is 1. The highest BCUT2D eigenvalue weighted by Gasteiger charge is 2.28. The van der Waals surface area contributed by atoms with Gasteiger partial charge in [0.1, 0.15) is 0 Å². The summed E-state index contributed by atoms with van der Waals surface area (Å²) in [6.45, 7) is 6.61. The van der Waals surface area contributed by atoms with Crippen molar-refractivity contribution in [1.82, 2.24) is 4.98 Å². The van der Waals surface area contributed by atoms with Crippen LogP contribution in [-0.2, 0) is 0 Å². The van der Waals surface area contributed by atoms with Gasteiger partial charge in [-0.05, 0) is 31.4 Å². The van der Waals surface area contributed by atoms with Gasteiger partial charge in [-0.1, -0.05) is 13.0 Å². The van der Waals surface area contributed by atoms with Crippen molar-refractivity contribution in [3.8, 4) is 0 Å². The Balaban J connectivity index is 2.12. The summed E-state index contributed by atoms with van der Waals surface area (Å²) >= 11 is 0. The second kappa shape index (κ2) is 5.32. The molecule has 0 spiro atoms. The summed E-state index contributed by atoms with van der Waals surface area (Å²) in [4.78, 5) is 6.66. The maximum Gasteiger partial charge on any atom is 0.0957 e. The second-order valence-electron chi connectivity index (χ2n) is 4.54. The van der Waals surface area contributed by atoms with Crippen molar-refractivity contribution >= 4 is 5.69 Å². The first kappa shape index (κ1) is 12.1. The Kier molecular flexibility index (Phi) is 3.79. The Morgan fingerprint density at radius 3 is 2.82 bits per heavy atom. The predicted octanol–water partition coefficient (Wildman–Crippen LogP) is 2.68. The molecule has 0 bridgehead atoms. The Hall–Kier alpha value is -1.35. The molecule has 1 aliphatic carbocycles. The molecule has 1 saturated carbocycles. The molecule has 0 unspecified atom stereocenters. The molecule has 1 fully saturated rings. The van der Waals surface area contributed by atoms with Gasteiger partial charge in [0.25, 0.3) is 0 Å². The minimum absolute atomic E-state index is 0.446. The van der Waals surface area contributed by atoms with Crippen LogP contribution in [0.5, 0.6) is 0 Å². The molecular formula is C14H20N2O. The average molecular weight is 232 g/mol. The molecule has 0 saturated heterocycles. The first-order valence-electron chi connectivity index (χ1n) is 6.27. The molecule has 0 amide bonds. The fraction of sp³-hybridized carbons (Fsp3) is 0.500. The first-order chi connectivity index (χ1) is 8.26. The summed E-state index contributed by atoms with van der Waals surface area (Å²) in [6.07, 6.45) is 6.55. The van der Waals surface area contributed by atoms with E-state index in [4.69, 9.17) is 0 Å². The van der Waals surface area contributed by atoms with Crippen molar-refractivity contribution in [2.75, 3.05) is 11.4 Å². The normalized spacial score (nSPS) is 16.6. The first-order valence-corrected chi connectivity index (χ1v) is 6.27. The predicted molar refractivity (Wildman–Crippen MR) is 70.1 cm³/mol. The van der Waals surface area contributed by atoms with Crippen LogP contribution in [0.4, 0.5) is 5.69 Å². The van der Waals surface area contributed by atoms with Crippen molar-refractivity contribution in [3.63, 3.8) is 0 Å². The molecule has 17 heavy (non-hydrogen) atoms. The highest BCUT2D eigenvalue weighted by atomic mass is 16.3. The molecule has 2 rings (SSSR count). The summed E-state index contributed by atoms with van der Waals surface area (Å²) in [5.74, 6) is 0. The Morgan fingerprint density at radius 1 is 1.59 bits per heavy atom. The van der Waals surface area contributed by atoms with Gasteiger partial charge in [0.15, 0.2) is 0 Å². The zero-order valence-corrected chi connectivity index (χ0v) is 10.3. The molecule has 1 heterocycles. The zero-order valence-electron chi connectivity index (χ0n) is 10.3. The highest BCUT2D eigenvalue weighted by Crippen LogP contribution is 2.31. The molecule has 1 aliphatic rings. The van der Waals surface area contributed by atoms with E-state index in [0.717, 1.165) is 17.9 Å². The van der Waals surface area contributed by atoms with Crippen LogP contribution in [0.15, 0.2) is 31.0 Å². The standard InChI is InChI=1S/C14H20N2O/c1-3-9-16(11-5-6-11)12-7-8-13(15-10-12)14(17)4-2/h3,7-8,10-11,14,17H,1,4-6,9H2,2H3/t14-/m0/s1. The Bertz CT molecular complexity index is 370. The lowest BCUT2D eigenvalue weighted by Crippen LogP contribution is -2.25. The molecule has 0 aromatic carbocycles. The van der Waals surface area contributed by atoms with Gasteiger partial charge in [-0.15, -0.1) is 6.58 Å². The van der Waals surface area contributed by atoms with E-state index in [1.807, 2.05) is 31.3 Å². The third-order valence-electron chi connectivity index (χ3n) is 3.14. The number of aromatic nitrogens is 1. The van der Waals surface area contributed by atoms with E-state index in [-0.39, 0.29) is 0 Å². The number of nitrogens with zero attached hydrogens (tertiary/aromatic N) is 2.